The first-order valence-corrected chi connectivity index (χ1v) is 9.13. The lowest BCUT2D eigenvalue weighted by Crippen LogP contribution is -2.66. The van der Waals surface area contributed by atoms with Gasteiger partial charge < -0.3 is 5.32 Å². The Morgan fingerprint density at radius 1 is 1.24 bits per heavy atom. The average molecular weight is 356 g/mol. The largest absolute Gasteiger partial charge is 0.326 e. The summed E-state index contributed by atoms with van der Waals surface area (Å²) in [6.07, 6.45) is 6.21. The van der Waals surface area contributed by atoms with Crippen LogP contribution in [0.1, 0.15) is 37.7 Å². The molecule has 3 fully saturated rings. The van der Waals surface area contributed by atoms with E-state index in [2.05, 4.69) is 22.2 Å². The van der Waals surface area contributed by atoms with Crippen molar-refractivity contribution in [2.45, 2.75) is 39.5 Å². The van der Waals surface area contributed by atoms with Crippen LogP contribution in [0.15, 0.2) is 36.5 Å². The summed E-state index contributed by atoms with van der Waals surface area (Å²) >= 11 is 5.89. The topological polar surface area (TPSA) is 54.9 Å². The number of nitrogens with one attached hydrogen (secondary N) is 1. The van der Waals surface area contributed by atoms with E-state index in [0.29, 0.717) is 10.4 Å². The molecule has 4 nitrogen and oxygen atoms in total. The van der Waals surface area contributed by atoms with Gasteiger partial charge in [-0.25, -0.2) is 9.97 Å². The smallest absolute Gasteiger partial charge is 0.227 e. The van der Waals surface area contributed by atoms with Gasteiger partial charge in [0.15, 0.2) is 0 Å². The molecule has 5 rings (SSSR count). The highest BCUT2D eigenvalue weighted by molar-refractivity contribution is 6.30. The molecule has 0 radical (unpaired) electrons. The van der Waals surface area contributed by atoms with Crippen molar-refractivity contribution in [2.24, 2.45) is 16.7 Å². The van der Waals surface area contributed by atoms with E-state index in [1.54, 1.807) is 12.1 Å². The SMILES string of the molecule is Cc1nccc(CC23CC(C(C)C(=O)Nc4ccc(Cl)cc4)(C2)C3)n1. The van der Waals surface area contributed by atoms with Crippen LogP contribution in [-0.2, 0) is 11.2 Å². The van der Waals surface area contributed by atoms with Crippen LogP contribution in [0.3, 0.4) is 0 Å². The number of hydrogen-bond donors (Lipinski definition) is 1. The van der Waals surface area contributed by atoms with E-state index in [1.165, 1.54) is 0 Å². The van der Waals surface area contributed by atoms with Crippen LogP contribution in [0.2, 0.25) is 5.02 Å². The number of carbonyl (C=O) groups is 1. The van der Waals surface area contributed by atoms with Crippen molar-refractivity contribution in [3.05, 3.63) is 53.1 Å². The monoisotopic (exact) mass is 355 g/mol. The Balaban J connectivity index is 1.35. The summed E-state index contributed by atoms with van der Waals surface area (Å²) in [5.41, 5.74) is 2.46. The number of aromatic nitrogens is 2. The maximum atomic E-state index is 12.6. The molecule has 3 aliphatic carbocycles. The van der Waals surface area contributed by atoms with Gasteiger partial charge in [-0.05, 0) is 73.8 Å². The molecular weight excluding hydrogens is 334 g/mol. The fourth-order valence-corrected chi connectivity index (χ4v) is 4.91. The molecule has 1 amide bonds. The lowest BCUT2D eigenvalue weighted by molar-refractivity contribution is -0.228. The fourth-order valence-electron chi connectivity index (χ4n) is 4.78. The molecule has 0 saturated heterocycles. The molecule has 2 aromatic rings. The highest BCUT2D eigenvalue weighted by Crippen LogP contribution is 2.77. The number of aryl methyl sites for hydroxylation is 1. The van der Waals surface area contributed by atoms with Gasteiger partial charge >= 0.3 is 0 Å². The maximum absolute atomic E-state index is 12.6. The van der Waals surface area contributed by atoms with Gasteiger partial charge in [-0.1, -0.05) is 18.5 Å². The van der Waals surface area contributed by atoms with Crippen molar-refractivity contribution in [3.8, 4) is 0 Å². The molecule has 25 heavy (non-hydrogen) atoms. The predicted molar refractivity (Wildman–Crippen MR) is 98.4 cm³/mol. The zero-order valence-corrected chi connectivity index (χ0v) is 15.3. The van der Waals surface area contributed by atoms with E-state index in [1.807, 2.05) is 31.3 Å². The van der Waals surface area contributed by atoms with E-state index in [9.17, 15) is 4.79 Å². The molecule has 0 spiro atoms. The van der Waals surface area contributed by atoms with E-state index < -0.39 is 0 Å². The van der Waals surface area contributed by atoms with Crippen molar-refractivity contribution in [1.29, 1.82) is 0 Å². The number of rotatable bonds is 5. The summed E-state index contributed by atoms with van der Waals surface area (Å²) in [6.45, 7) is 3.99. The Morgan fingerprint density at radius 3 is 2.56 bits per heavy atom. The van der Waals surface area contributed by atoms with Gasteiger partial charge in [-0.15, -0.1) is 0 Å². The van der Waals surface area contributed by atoms with Crippen LogP contribution in [0.25, 0.3) is 0 Å². The molecule has 3 saturated carbocycles. The highest BCUT2D eigenvalue weighted by atomic mass is 35.5. The maximum Gasteiger partial charge on any atom is 0.227 e. The molecule has 1 heterocycles. The van der Waals surface area contributed by atoms with Crippen LogP contribution < -0.4 is 5.32 Å². The first-order valence-electron chi connectivity index (χ1n) is 8.75. The molecule has 5 heteroatoms. The number of hydrogen-bond acceptors (Lipinski definition) is 3. The third kappa shape index (κ3) is 2.93. The number of carbonyl (C=O) groups excluding carboxylic acids is 1. The van der Waals surface area contributed by atoms with Crippen molar-refractivity contribution >= 4 is 23.2 Å². The van der Waals surface area contributed by atoms with E-state index in [-0.39, 0.29) is 17.2 Å². The first-order chi connectivity index (χ1) is 11.9. The Bertz CT molecular complexity index is 798. The summed E-state index contributed by atoms with van der Waals surface area (Å²) in [4.78, 5) is 21.3. The molecule has 1 aromatic carbocycles. The predicted octanol–water partition coefficient (Wildman–Crippen LogP) is 4.43. The number of benzene rings is 1. The van der Waals surface area contributed by atoms with Gasteiger partial charge in [0.1, 0.15) is 5.82 Å². The van der Waals surface area contributed by atoms with Crippen LogP contribution in [-0.4, -0.2) is 15.9 Å². The standard InChI is InChI=1S/C20H22ClN3O/c1-13(18(25)24-16-5-3-15(21)4-6-16)20-10-19(11-20,12-20)9-17-7-8-22-14(2)23-17/h3-8,13H,9-12H2,1-2H3,(H,24,25). The number of anilines is 1. The average Bonchev–Trinajstić information content (AvgIpc) is 2.51. The zero-order chi connectivity index (χ0) is 17.7. The zero-order valence-electron chi connectivity index (χ0n) is 14.6. The van der Waals surface area contributed by atoms with Crippen LogP contribution >= 0.6 is 11.6 Å². The molecule has 0 aliphatic heterocycles. The van der Waals surface area contributed by atoms with Crippen molar-refractivity contribution in [3.63, 3.8) is 0 Å². The third-order valence-electron chi connectivity index (χ3n) is 5.99. The summed E-state index contributed by atoms with van der Waals surface area (Å²) in [7, 11) is 0. The lowest BCUT2D eigenvalue weighted by atomic mass is 9.31. The summed E-state index contributed by atoms with van der Waals surface area (Å²) in [5.74, 6) is 0.959. The minimum Gasteiger partial charge on any atom is -0.326 e. The summed E-state index contributed by atoms with van der Waals surface area (Å²) in [5, 5.41) is 3.69. The fraction of sp³-hybridized carbons (Fsp3) is 0.450. The first kappa shape index (κ1) is 16.5. The van der Waals surface area contributed by atoms with Gasteiger partial charge in [-0.2, -0.15) is 0 Å². The lowest BCUT2D eigenvalue weighted by Gasteiger charge is -2.73. The molecule has 1 aromatic heterocycles. The number of nitrogens with zero attached hydrogens (tertiary/aromatic N) is 2. The molecule has 1 unspecified atom stereocenters. The van der Waals surface area contributed by atoms with Crippen molar-refractivity contribution in [1.82, 2.24) is 9.97 Å². The second-order valence-electron chi connectivity index (χ2n) is 7.88. The Kier molecular flexibility index (Phi) is 3.84. The van der Waals surface area contributed by atoms with E-state index >= 15 is 0 Å². The van der Waals surface area contributed by atoms with Crippen LogP contribution in [0, 0.1) is 23.7 Å². The second kappa shape index (κ2) is 5.80. The minimum absolute atomic E-state index is 0.0252. The van der Waals surface area contributed by atoms with E-state index in [4.69, 9.17) is 11.6 Å². The van der Waals surface area contributed by atoms with Crippen molar-refractivity contribution < 1.29 is 4.79 Å². The van der Waals surface area contributed by atoms with Crippen LogP contribution in [0.4, 0.5) is 5.69 Å². The summed E-state index contributed by atoms with van der Waals surface area (Å²) < 4.78 is 0. The summed E-state index contributed by atoms with van der Waals surface area (Å²) in [6, 6.07) is 9.28. The molecule has 130 valence electrons. The third-order valence-corrected chi connectivity index (χ3v) is 6.25. The van der Waals surface area contributed by atoms with Gasteiger partial charge in [0.2, 0.25) is 5.91 Å². The Morgan fingerprint density at radius 2 is 1.92 bits per heavy atom. The quantitative estimate of drug-likeness (QED) is 0.863. The van der Waals surface area contributed by atoms with Gasteiger partial charge in [0.25, 0.3) is 0 Å². The number of amides is 1. The normalized spacial score (nSPS) is 27.8. The molecule has 1 N–H and O–H groups in total. The van der Waals surface area contributed by atoms with E-state index in [0.717, 1.165) is 42.9 Å². The van der Waals surface area contributed by atoms with Gasteiger partial charge in [0.05, 0.1) is 0 Å². The Labute approximate surface area is 153 Å². The highest BCUT2D eigenvalue weighted by Gasteiger charge is 2.70. The number of halogens is 1. The van der Waals surface area contributed by atoms with Gasteiger partial charge in [0, 0.05) is 28.5 Å². The molecule has 1 atom stereocenters. The minimum atomic E-state index is 0.0252. The second-order valence-corrected chi connectivity index (χ2v) is 8.32. The van der Waals surface area contributed by atoms with Crippen molar-refractivity contribution in [2.75, 3.05) is 5.32 Å². The Hall–Kier alpha value is -1.94. The van der Waals surface area contributed by atoms with Crippen LogP contribution in [0.5, 0.6) is 0 Å². The molecule has 2 bridgehead atoms. The molecular formula is C20H22ClN3O. The van der Waals surface area contributed by atoms with Gasteiger partial charge in [-0.3, -0.25) is 4.79 Å². The molecule has 3 aliphatic rings.